The normalized spacial score (nSPS) is 17.3. The second-order valence-electron chi connectivity index (χ2n) is 5.34. The molecule has 0 bridgehead atoms. The third kappa shape index (κ3) is 2.79. The average Bonchev–Trinajstić information content (AvgIpc) is 2.91. The van der Waals surface area contributed by atoms with E-state index in [1.807, 2.05) is 13.0 Å². The van der Waals surface area contributed by atoms with Crippen molar-refractivity contribution in [1.82, 2.24) is 0 Å². The van der Waals surface area contributed by atoms with Crippen LogP contribution in [0.3, 0.4) is 0 Å². The fraction of sp³-hybridized carbons (Fsp3) is 0.353. The number of furan rings is 1. The Bertz CT molecular complexity index is 657. The third-order valence-electron chi connectivity index (χ3n) is 3.49. The number of benzene rings is 1. The summed E-state index contributed by atoms with van der Waals surface area (Å²) in [5, 5.41) is 0. The van der Waals surface area contributed by atoms with Gasteiger partial charge < -0.3 is 13.9 Å². The van der Waals surface area contributed by atoms with Gasteiger partial charge in [-0.25, -0.2) is 0 Å². The minimum absolute atomic E-state index is 0.140. The van der Waals surface area contributed by atoms with Gasteiger partial charge in [0.05, 0.1) is 13.2 Å². The van der Waals surface area contributed by atoms with Crippen molar-refractivity contribution in [3.63, 3.8) is 0 Å². The first kappa shape index (κ1) is 13.7. The van der Waals surface area contributed by atoms with E-state index in [9.17, 15) is 4.79 Å². The Hall–Kier alpha value is -2.23. The molecule has 0 amide bonds. The molecule has 4 heteroatoms. The molecule has 1 aromatic carbocycles. The van der Waals surface area contributed by atoms with Crippen molar-refractivity contribution in [2.24, 2.45) is 5.92 Å². The van der Waals surface area contributed by atoms with Crippen LogP contribution in [0.1, 0.15) is 35.7 Å². The molecule has 1 aliphatic rings. The molecule has 0 saturated carbocycles. The highest BCUT2D eigenvalue weighted by Gasteiger charge is 2.19. The van der Waals surface area contributed by atoms with Crippen LogP contribution in [-0.4, -0.2) is 19.0 Å². The lowest BCUT2D eigenvalue weighted by molar-refractivity contribution is 0.101. The predicted octanol–water partition coefficient (Wildman–Crippen LogP) is 3.48. The van der Waals surface area contributed by atoms with Gasteiger partial charge in [0.25, 0.3) is 0 Å². The van der Waals surface area contributed by atoms with E-state index < -0.39 is 0 Å². The van der Waals surface area contributed by atoms with Crippen LogP contribution >= 0.6 is 0 Å². The molecule has 0 saturated heterocycles. The van der Waals surface area contributed by atoms with Gasteiger partial charge in [-0.05, 0) is 30.3 Å². The lowest BCUT2D eigenvalue weighted by Crippen LogP contribution is -2.12. The summed E-state index contributed by atoms with van der Waals surface area (Å²) in [4.78, 5) is 12.4. The lowest BCUT2D eigenvalue weighted by Gasteiger charge is -2.08. The van der Waals surface area contributed by atoms with E-state index in [2.05, 4.69) is 6.92 Å². The molecule has 0 fully saturated rings. The SMILES string of the molecule is CCc1ccc(C(=O)c2ccc3c(c2)OCC(C)CO3)o1. The summed E-state index contributed by atoms with van der Waals surface area (Å²) >= 11 is 0. The number of hydrogen-bond donors (Lipinski definition) is 0. The number of rotatable bonds is 3. The van der Waals surface area contributed by atoms with Crippen molar-refractivity contribution in [1.29, 1.82) is 0 Å². The van der Waals surface area contributed by atoms with E-state index in [-0.39, 0.29) is 5.78 Å². The molecule has 1 unspecified atom stereocenters. The maximum atomic E-state index is 12.4. The minimum Gasteiger partial charge on any atom is -0.489 e. The van der Waals surface area contributed by atoms with Crippen molar-refractivity contribution in [3.05, 3.63) is 47.4 Å². The Morgan fingerprint density at radius 1 is 1.14 bits per heavy atom. The predicted molar refractivity (Wildman–Crippen MR) is 78.1 cm³/mol. The molecule has 0 radical (unpaired) electrons. The summed E-state index contributed by atoms with van der Waals surface area (Å²) in [6, 6.07) is 8.80. The molecule has 2 heterocycles. The molecule has 1 aromatic heterocycles. The Kier molecular flexibility index (Phi) is 3.69. The number of fused-ring (bicyclic) bond motifs is 1. The molecular weight excluding hydrogens is 268 g/mol. The number of aryl methyl sites for hydroxylation is 1. The van der Waals surface area contributed by atoms with Gasteiger partial charge in [0.1, 0.15) is 5.76 Å². The minimum atomic E-state index is -0.140. The molecule has 3 rings (SSSR count). The largest absolute Gasteiger partial charge is 0.489 e. The summed E-state index contributed by atoms with van der Waals surface area (Å²) < 4.78 is 16.9. The lowest BCUT2D eigenvalue weighted by atomic mass is 10.1. The number of carbonyl (C=O) groups excluding carboxylic acids is 1. The van der Waals surface area contributed by atoms with Crippen molar-refractivity contribution >= 4 is 5.78 Å². The van der Waals surface area contributed by atoms with E-state index >= 15 is 0 Å². The van der Waals surface area contributed by atoms with Crippen LogP contribution < -0.4 is 9.47 Å². The van der Waals surface area contributed by atoms with Gasteiger partial charge in [0, 0.05) is 17.9 Å². The zero-order valence-electron chi connectivity index (χ0n) is 12.2. The molecule has 2 aromatic rings. The van der Waals surface area contributed by atoms with Gasteiger partial charge in [0.2, 0.25) is 5.78 Å². The van der Waals surface area contributed by atoms with Gasteiger partial charge >= 0.3 is 0 Å². The maximum absolute atomic E-state index is 12.4. The first-order valence-corrected chi connectivity index (χ1v) is 7.20. The topological polar surface area (TPSA) is 48.7 Å². The Balaban J connectivity index is 1.88. The molecule has 4 nitrogen and oxygen atoms in total. The molecule has 1 aliphatic heterocycles. The van der Waals surface area contributed by atoms with Crippen LogP contribution in [0.15, 0.2) is 34.7 Å². The Morgan fingerprint density at radius 2 is 1.90 bits per heavy atom. The van der Waals surface area contributed by atoms with Crippen molar-refractivity contribution < 1.29 is 18.7 Å². The maximum Gasteiger partial charge on any atom is 0.228 e. The second kappa shape index (κ2) is 5.64. The highest BCUT2D eigenvalue weighted by atomic mass is 16.5. The summed E-state index contributed by atoms with van der Waals surface area (Å²) in [7, 11) is 0. The summed E-state index contributed by atoms with van der Waals surface area (Å²) in [5.41, 5.74) is 0.545. The monoisotopic (exact) mass is 286 g/mol. The average molecular weight is 286 g/mol. The van der Waals surface area contributed by atoms with E-state index in [1.54, 1.807) is 24.3 Å². The van der Waals surface area contributed by atoms with Crippen LogP contribution in [0.2, 0.25) is 0 Å². The van der Waals surface area contributed by atoms with Gasteiger partial charge in [-0.2, -0.15) is 0 Å². The van der Waals surface area contributed by atoms with Gasteiger partial charge in [-0.1, -0.05) is 13.8 Å². The first-order chi connectivity index (χ1) is 10.2. The smallest absolute Gasteiger partial charge is 0.228 e. The molecule has 110 valence electrons. The number of hydrogen-bond acceptors (Lipinski definition) is 4. The van der Waals surface area contributed by atoms with Crippen LogP contribution in [0.25, 0.3) is 0 Å². The Morgan fingerprint density at radius 3 is 2.62 bits per heavy atom. The Labute approximate surface area is 123 Å². The van der Waals surface area contributed by atoms with Crippen molar-refractivity contribution in [3.8, 4) is 11.5 Å². The standard InChI is InChI=1S/C17H18O4/c1-3-13-5-7-15(21-13)17(18)12-4-6-14-16(8-12)20-10-11(2)9-19-14/h4-8,11H,3,9-10H2,1-2H3. The van der Waals surface area contributed by atoms with Crippen LogP contribution in [0.4, 0.5) is 0 Å². The fourth-order valence-corrected chi connectivity index (χ4v) is 2.23. The zero-order chi connectivity index (χ0) is 14.8. The highest BCUT2D eigenvalue weighted by Crippen LogP contribution is 2.32. The quantitative estimate of drug-likeness (QED) is 0.810. The number of carbonyl (C=O) groups is 1. The first-order valence-electron chi connectivity index (χ1n) is 7.20. The van der Waals surface area contributed by atoms with Crippen molar-refractivity contribution in [2.75, 3.05) is 13.2 Å². The molecule has 0 spiro atoms. The fourth-order valence-electron chi connectivity index (χ4n) is 2.23. The number of ketones is 1. The summed E-state index contributed by atoms with van der Waals surface area (Å²) in [5.74, 6) is 2.65. The second-order valence-corrected chi connectivity index (χ2v) is 5.34. The molecule has 1 atom stereocenters. The van der Waals surface area contributed by atoms with Crippen LogP contribution in [-0.2, 0) is 6.42 Å². The molecule has 0 aliphatic carbocycles. The van der Waals surface area contributed by atoms with E-state index in [0.29, 0.717) is 42.0 Å². The number of ether oxygens (including phenoxy) is 2. The van der Waals surface area contributed by atoms with Crippen LogP contribution in [0, 0.1) is 5.92 Å². The molecule has 0 N–H and O–H groups in total. The summed E-state index contributed by atoms with van der Waals surface area (Å²) in [6.07, 6.45) is 0.770. The zero-order valence-corrected chi connectivity index (χ0v) is 12.2. The molecule has 21 heavy (non-hydrogen) atoms. The van der Waals surface area contributed by atoms with E-state index in [4.69, 9.17) is 13.9 Å². The summed E-state index contributed by atoms with van der Waals surface area (Å²) in [6.45, 7) is 5.26. The van der Waals surface area contributed by atoms with E-state index in [0.717, 1.165) is 12.2 Å². The van der Waals surface area contributed by atoms with Gasteiger partial charge in [-0.3, -0.25) is 4.79 Å². The van der Waals surface area contributed by atoms with Gasteiger partial charge in [-0.15, -0.1) is 0 Å². The van der Waals surface area contributed by atoms with E-state index in [1.165, 1.54) is 0 Å². The van der Waals surface area contributed by atoms with Crippen molar-refractivity contribution in [2.45, 2.75) is 20.3 Å². The highest BCUT2D eigenvalue weighted by molar-refractivity contribution is 6.07. The van der Waals surface area contributed by atoms with Crippen LogP contribution in [0.5, 0.6) is 11.5 Å². The van der Waals surface area contributed by atoms with Gasteiger partial charge in [0.15, 0.2) is 17.3 Å². The molecular formula is C17H18O4. The third-order valence-corrected chi connectivity index (χ3v) is 3.49.